The number of fused-ring (bicyclic) bond motifs is 1. The molecule has 0 saturated carbocycles. The first-order valence-corrected chi connectivity index (χ1v) is 8.78. The topological polar surface area (TPSA) is 58.4 Å². The van der Waals surface area contributed by atoms with E-state index in [-0.39, 0.29) is 18.3 Å². The number of hydrogen-bond donors (Lipinski definition) is 1. The predicted molar refractivity (Wildman–Crippen MR) is 98.6 cm³/mol. The molecule has 4 rings (SSSR count). The zero-order valence-electron chi connectivity index (χ0n) is 14.2. The molecule has 2 fully saturated rings. The third kappa shape index (κ3) is 4.05. The van der Waals surface area contributed by atoms with Crippen LogP contribution in [0.3, 0.4) is 0 Å². The van der Waals surface area contributed by atoms with E-state index in [4.69, 9.17) is 4.42 Å². The number of nitrogens with zero attached hydrogens (tertiary/aromatic N) is 2. The predicted octanol–water partition coefficient (Wildman–Crippen LogP) is 2.76. The van der Waals surface area contributed by atoms with Gasteiger partial charge >= 0.3 is 0 Å². The number of rotatable bonds is 3. The maximum absolute atomic E-state index is 12.6. The van der Waals surface area contributed by atoms with Crippen molar-refractivity contribution in [2.45, 2.75) is 19.3 Å². The maximum atomic E-state index is 12.6. The zero-order valence-corrected chi connectivity index (χ0v) is 15.0. The van der Waals surface area contributed by atoms with Crippen LogP contribution in [0.2, 0.25) is 0 Å². The van der Waals surface area contributed by atoms with Crippen molar-refractivity contribution in [2.75, 3.05) is 26.2 Å². The fraction of sp³-hybridized carbons (Fsp3) is 0.474. The molecule has 134 valence electrons. The quantitative estimate of drug-likeness (QED) is 0.913. The van der Waals surface area contributed by atoms with Crippen molar-refractivity contribution in [3.05, 3.63) is 42.3 Å². The lowest BCUT2D eigenvalue weighted by Crippen LogP contribution is -2.34. The number of nitrogens with one attached hydrogen (secondary N) is 1. The van der Waals surface area contributed by atoms with Crippen molar-refractivity contribution in [1.29, 1.82) is 0 Å². The minimum Gasteiger partial charge on any atom is -0.444 e. The zero-order chi connectivity index (χ0) is 16.4. The second-order valence-electron chi connectivity index (χ2n) is 6.82. The molecule has 1 amide bonds. The lowest BCUT2D eigenvalue weighted by molar-refractivity contribution is -0.130. The molecule has 0 aliphatic carbocycles. The molecule has 5 nitrogen and oxygen atoms in total. The Morgan fingerprint density at radius 3 is 2.52 bits per heavy atom. The molecule has 2 aliphatic heterocycles. The largest absolute Gasteiger partial charge is 0.444 e. The minimum atomic E-state index is 0. The van der Waals surface area contributed by atoms with Gasteiger partial charge in [-0.3, -0.25) is 4.79 Å². The monoisotopic (exact) mass is 361 g/mol. The molecule has 0 spiro atoms. The first-order valence-electron chi connectivity index (χ1n) is 8.78. The highest BCUT2D eigenvalue weighted by atomic mass is 35.5. The summed E-state index contributed by atoms with van der Waals surface area (Å²) in [6, 6.07) is 9.78. The Labute approximate surface area is 154 Å². The maximum Gasteiger partial charge on any atom is 0.228 e. The summed E-state index contributed by atoms with van der Waals surface area (Å²) in [5.74, 6) is 2.21. The molecule has 6 heteroatoms. The van der Waals surface area contributed by atoms with Crippen LogP contribution in [0.4, 0.5) is 0 Å². The minimum absolute atomic E-state index is 0. The van der Waals surface area contributed by atoms with Crippen molar-refractivity contribution < 1.29 is 9.21 Å². The average molecular weight is 362 g/mol. The number of likely N-dealkylation sites (tertiary alicyclic amines) is 1. The van der Waals surface area contributed by atoms with Gasteiger partial charge in [-0.1, -0.05) is 18.2 Å². The summed E-state index contributed by atoms with van der Waals surface area (Å²) >= 11 is 0. The van der Waals surface area contributed by atoms with Crippen LogP contribution in [0, 0.1) is 11.8 Å². The second kappa shape index (κ2) is 8.02. The van der Waals surface area contributed by atoms with Crippen molar-refractivity contribution in [2.24, 2.45) is 11.8 Å². The Bertz CT molecular complexity index is 690. The second-order valence-corrected chi connectivity index (χ2v) is 6.82. The van der Waals surface area contributed by atoms with Gasteiger partial charge in [-0.15, -0.1) is 12.4 Å². The fourth-order valence-corrected chi connectivity index (χ4v) is 3.84. The summed E-state index contributed by atoms with van der Waals surface area (Å²) in [6.45, 7) is 3.95. The van der Waals surface area contributed by atoms with Gasteiger partial charge in [0.25, 0.3) is 0 Å². The molecule has 1 aromatic carbocycles. The van der Waals surface area contributed by atoms with Crippen LogP contribution < -0.4 is 5.32 Å². The van der Waals surface area contributed by atoms with E-state index in [0.29, 0.717) is 18.0 Å². The lowest BCUT2D eigenvalue weighted by Gasteiger charge is -2.20. The van der Waals surface area contributed by atoms with Gasteiger partial charge in [0, 0.05) is 18.7 Å². The molecule has 2 saturated heterocycles. The molecule has 1 aromatic heterocycles. The number of aromatic nitrogens is 1. The standard InChI is InChI=1S/C19H23N3O2.ClH/c23-18(22-8-6-15-11-20-12-16(15)7-9-22)10-17-13-24-19(21-17)14-4-2-1-3-5-14;/h1-5,13,15-16,20H,6-12H2;1H/t15-,16+;. The van der Waals surface area contributed by atoms with E-state index in [1.165, 1.54) is 0 Å². The molecule has 3 heterocycles. The van der Waals surface area contributed by atoms with Gasteiger partial charge in [-0.05, 0) is 49.9 Å². The normalized spacial score (nSPS) is 22.8. The third-order valence-corrected chi connectivity index (χ3v) is 5.28. The third-order valence-electron chi connectivity index (χ3n) is 5.28. The highest BCUT2D eigenvalue weighted by molar-refractivity contribution is 5.85. The van der Waals surface area contributed by atoms with E-state index in [1.807, 2.05) is 35.2 Å². The van der Waals surface area contributed by atoms with E-state index in [9.17, 15) is 4.79 Å². The van der Waals surface area contributed by atoms with Gasteiger partial charge in [0.15, 0.2) is 0 Å². The molecule has 2 atom stereocenters. The summed E-state index contributed by atoms with van der Waals surface area (Å²) in [6.07, 6.45) is 4.15. The van der Waals surface area contributed by atoms with Crippen LogP contribution in [0.15, 0.2) is 41.0 Å². The Balaban J connectivity index is 0.00000182. The summed E-state index contributed by atoms with van der Waals surface area (Å²) in [4.78, 5) is 19.1. The van der Waals surface area contributed by atoms with Crippen LogP contribution >= 0.6 is 12.4 Å². The highest BCUT2D eigenvalue weighted by Crippen LogP contribution is 2.27. The number of amides is 1. The average Bonchev–Trinajstić information content (AvgIpc) is 3.21. The van der Waals surface area contributed by atoms with Gasteiger partial charge in [0.1, 0.15) is 6.26 Å². The van der Waals surface area contributed by atoms with Gasteiger partial charge in [0.05, 0.1) is 12.1 Å². The fourth-order valence-electron chi connectivity index (χ4n) is 3.84. The van der Waals surface area contributed by atoms with Crippen molar-refractivity contribution in [1.82, 2.24) is 15.2 Å². The number of carbonyl (C=O) groups is 1. The highest BCUT2D eigenvalue weighted by Gasteiger charge is 2.31. The SMILES string of the molecule is Cl.O=C(Cc1coc(-c2ccccc2)n1)N1CC[C@@H]2CNC[C@@H]2CC1. The molecule has 0 unspecified atom stereocenters. The van der Waals surface area contributed by atoms with Gasteiger partial charge < -0.3 is 14.6 Å². The molecule has 25 heavy (non-hydrogen) atoms. The number of oxazole rings is 1. The Morgan fingerprint density at radius 2 is 1.84 bits per heavy atom. The van der Waals surface area contributed by atoms with Crippen molar-refractivity contribution in [3.63, 3.8) is 0 Å². The first kappa shape index (κ1) is 18.0. The van der Waals surface area contributed by atoms with Gasteiger partial charge in [-0.25, -0.2) is 4.98 Å². The van der Waals surface area contributed by atoms with E-state index in [2.05, 4.69) is 10.3 Å². The lowest BCUT2D eigenvalue weighted by atomic mass is 9.92. The number of benzene rings is 1. The van der Waals surface area contributed by atoms with E-state index in [1.54, 1.807) is 6.26 Å². The molecule has 1 N–H and O–H groups in total. The smallest absolute Gasteiger partial charge is 0.228 e. The Hall–Kier alpha value is -1.85. The van der Waals surface area contributed by atoms with E-state index in [0.717, 1.165) is 56.4 Å². The summed E-state index contributed by atoms with van der Waals surface area (Å²) < 4.78 is 5.53. The number of halogens is 1. The van der Waals surface area contributed by atoms with Crippen molar-refractivity contribution in [3.8, 4) is 11.5 Å². The molecule has 0 bridgehead atoms. The Morgan fingerprint density at radius 1 is 1.16 bits per heavy atom. The van der Waals surface area contributed by atoms with E-state index < -0.39 is 0 Å². The van der Waals surface area contributed by atoms with Crippen LogP contribution in [0.1, 0.15) is 18.5 Å². The molecular formula is C19H24ClN3O2. The summed E-state index contributed by atoms with van der Waals surface area (Å²) in [5, 5.41) is 3.47. The van der Waals surface area contributed by atoms with Gasteiger partial charge in [-0.2, -0.15) is 0 Å². The molecular weight excluding hydrogens is 338 g/mol. The van der Waals surface area contributed by atoms with Crippen LogP contribution in [-0.4, -0.2) is 42.0 Å². The number of carbonyl (C=O) groups excluding carboxylic acids is 1. The molecule has 2 aliphatic rings. The van der Waals surface area contributed by atoms with Crippen molar-refractivity contribution >= 4 is 18.3 Å². The molecule has 0 radical (unpaired) electrons. The van der Waals surface area contributed by atoms with Crippen LogP contribution in [0.5, 0.6) is 0 Å². The van der Waals surface area contributed by atoms with E-state index >= 15 is 0 Å². The Kier molecular flexibility index (Phi) is 5.76. The summed E-state index contributed by atoms with van der Waals surface area (Å²) in [5.41, 5.74) is 1.65. The summed E-state index contributed by atoms with van der Waals surface area (Å²) in [7, 11) is 0. The van der Waals surface area contributed by atoms with Crippen LogP contribution in [-0.2, 0) is 11.2 Å². The number of hydrogen-bond acceptors (Lipinski definition) is 4. The molecule has 2 aromatic rings. The van der Waals surface area contributed by atoms with Gasteiger partial charge in [0.2, 0.25) is 11.8 Å². The first-order chi connectivity index (χ1) is 11.8. The van der Waals surface area contributed by atoms with Crippen LogP contribution in [0.25, 0.3) is 11.5 Å².